The zero-order chi connectivity index (χ0) is 13.2. The van der Waals surface area contributed by atoms with E-state index in [1.807, 2.05) is 30.3 Å². The lowest BCUT2D eigenvalue weighted by Crippen LogP contribution is -2.38. The van der Waals surface area contributed by atoms with Gasteiger partial charge >= 0.3 is 0 Å². The summed E-state index contributed by atoms with van der Waals surface area (Å²) in [5, 5.41) is 1.07. The van der Waals surface area contributed by atoms with E-state index in [0.29, 0.717) is 19.1 Å². The lowest BCUT2D eigenvalue weighted by Gasteiger charge is -2.20. The van der Waals surface area contributed by atoms with Crippen molar-refractivity contribution in [3.63, 3.8) is 0 Å². The minimum atomic E-state index is -0.0361. The molecule has 4 heteroatoms. The second kappa shape index (κ2) is 5.15. The van der Waals surface area contributed by atoms with Crippen molar-refractivity contribution in [2.75, 3.05) is 13.2 Å². The maximum absolute atomic E-state index is 12.1. The Bertz CT molecular complexity index is 629. The van der Waals surface area contributed by atoms with Crippen LogP contribution in [-0.4, -0.2) is 23.8 Å². The number of fused-ring (bicyclic) bond motifs is 1. The molecule has 0 aliphatic carbocycles. The number of hydrogen-bond donors (Lipinski definition) is 1. The predicted molar refractivity (Wildman–Crippen MR) is 75.1 cm³/mol. The van der Waals surface area contributed by atoms with Crippen molar-refractivity contribution in [3.05, 3.63) is 46.8 Å². The van der Waals surface area contributed by atoms with Gasteiger partial charge in [-0.1, -0.05) is 18.2 Å². The summed E-state index contributed by atoms with van der Waals surface area (Å²) in [5.41, 5.74) is 7.19. The standard InChI is InChI=1S/C15H18N2O2/c16-13(12-7-8-19-10-12)9-17-14-4-2-1-3-11(14)5-6-15(17)18/h1-6,12-13H,7-10,16H2. The van der Waals surface area contributed by atoms with E-state index in [1.54, 1.807) is 10.6 Å². The van der Waals surface area contributed by atoms with Crippen molar-refractivity contribution in [1.29, 1.82) is 0 Å². The molecule has 4 nitrogen and oxygen atoms in total. The number of benzene rings is 1. The lowest BCUT2D eigenvalue weighted by atomic mass is 9.99. The van der Waals surface area contributed by atoms with Gasteiger partial charge in [0.15, 0.2) is 0 Å². The predicted octanol–water partition coefficient (Wildman–Crippen LogP) is 1.37. The van der Waals surface area contributed by atoms with Crippen LogP contribution in [0.5, 0.6) is 0 Å². The van der Waals surface area contributed by atoms with Crippen molar-refractivity contribution < 1.29 is 4.74 Å². The molecule has 2 heterocycles. The molecule has 1 aromatic carbocycles. The summed E-state index contributed by atoms with van der Waals surface area (Å²) >= 11 is 0. The average molecular weight is 258 g/mol. The third-order valence-corrected chi connectivity index (χ3v) is 3.86. The fourth-order valence-electron chi connectivity index (χ4n) is 2.68. The zero-order valence-electron chi connectivity index (χ0n) is 10.8. The molecular weight excluding hydrogens is 240 g/mol. The minimum absolute atomic E-state index is 0.00747. The molecule has 1 fully saturated rings. The number of rotatable bonds is 3. The van der Waals surface area contributed by atoms with E-state index in [-0.39, 0.29) is 11.6 Å². The molecule has 1 aliphatic heterocycles. The number of nitrogens with two attached hydrogens (primary N) is 1. The molecule has 2 unspecified atom stereocenters. The van der Waals surface area contributed by atoms with Crippen molar-refractivity contribution in [3.8, 4) is 0 Å². The summed E-state index contributed by atoms with van der Waals surface area (Å²) in [6.07, 6.45) is 0.987. The van der Waals surface area contributed by atoms with Crippen LogP contribution in [-0.2, 0) is 11.3 Å². The highest BCUT2D eigenvalue weighted by molar-refractivity contribution is 5.78. The molecule has 19 heavy (non-hydrogen) atoms. The summed E-state index contributed by atoms with van der Waals surface area (Å²) < 4.78 is 7.14. The Kier molecular flexibility index (Phi) is 3.36. The van der Waals surface area contributed by atoms with Gasteiger partial charge < -0.3 is 15.0 Å². The van der Waals surface area contributed by atoms with Crippen molar-refractivity contribution >= 4 is 10.9 Å². The lowest BCUT2D eigenvalue weighted by molar-refractivity contribution is 0.179. The minimum Gasteiger partial charge on any atom is -0.381 e. The second-order valence-electron chi connectivity index (χ2n) is 5.13. The van der Waals surface area contributed by atoms with Crippen molar-refractivity contribution in [2.24, 2.45) is 11.7 Å². The van der Waals surface area contributed by atoms with Crippen molar-refractivity contribution in [1.82, 2.24) is 4.57 Å². The van der Waals surface area contributed by atoms with E-state index in [1.165, 1.54) is 0 Å². The van der Waals surface area contributed by atoms with Crippen LogP contribution in [0.3, 0.4) is 0 Å². The zero-order valence-corrected chi connectivity index (χ0v) is 10.8. The van der Waals surface area contributed by atoms with Gasteiger partial charge in [0, 0.05) is 31.2 Å². The first-order valence-corrected chi connectivity index (χ1v) is 6.67. The molecule has 0 bridgehead atoms. The summed E-state index contributed by atoms with van der Waals surface area (Å²) in [7, 11) is 0. The first-order chi connectivity index (χ1) is 9.25. The number of nitrogens with zero attached hydrogens (tertiary/aromatic N) is 1. The Balaban J connectivity index is 1.95. The highest BCUT2D eigenvalue weighted by Crippen LogP contribution is 2.18. The van der Waals surface area contributed by atoms with Crippen LogP contribution in [0.4, 0.5) is 0 Å². The van der Waals surface area contributed by atoms with Gasteiger partial charge in [-0.2, -0.15) is 0 Å². The van der Waals surface area contributed by atoms with Gasteiger partial charge in [-0.3, -0.25) is 4.79 Å². The summed E-state index contributed by atoms with van der Waals surface area (Å²) in [6, 6.07) is 11.3. The van der Waals surface area contributed by atoms with Crippen LogP contribution >= 0.6 is 0 Å². The molecule has 0 radical (unpaired) electrons. The number of hydrogen-bond acceptors (Lipinski definition) is 3. The van der Waals surface area contributed by atoms with E-state index in [4.69, 9.17) is 10.5 Å². The highest BCUT2D eigenvalue weighted by atomic mass is 16.5. The van der Waals surface area contributed by atoms with Crippen LogP contribution in [0, 0.1) is 5.92 Å². The topological polar surface area (TPSA) is 57.2 Å². The summed E-state index contributed by atoms with van der Waals surface area (Å²) in [4.78, 5) is 12.1. The van der Waals surface area contributed by atoms with Gasteiger partial charge in [0.05, 0.1) is 12.1 Å². The normalized spacial score (nSPS) is 20.8. The molecule has 100 valence electrons. The van der Waals surface area contributed by atoms with E-state index in [2.05, 4.69) is 0 Å². The number of ether oxygens (including phenoxy) is 1. The Morgan fingerprint density at radius 2 is 2.16 bits per heavy atom. The van der Waals surface area contributed by atoms with Crippen LogP contribution in [0.2, 0.25) is 0 Å². The van der Waals surface area contributed by atoms with Crippen molar-refractivity contribution in [2.45, 2.75) is 19.0 Å². The van der Waals surface area contributed by atoms with E-state index >= 15 is 0 Å². The van der Waals surface area contributed by atoms with Crippen LogP contribution < -0.4 is 11.3 Å². The Morgan fingerprint density at radius 3 is 2.95 bits per heavy atom. The van der Waals surface area contributed by atoms with Crippen LogP contribution in [0.1, 0.15) is 6.42 Å². The van der Waals surface area contributed by atoms with E-state index in [0.717, 1.165) is 23.9 Å². The first-order valence-electron chi connectivity index (χ1n) is 6.67. The summed E-state index contributed by atoms with van der Waals surface area (Å²) in [6.45, 7) is 2.04. The highest BCUT2D eigenvalue weighted by Gasteiger charge is 2.23. The molecule has 0 spiro atoms. The molecule has 3 rings (SSSR count). The van der Waals surface area contributed by atoms with Gasteiger partial charge in [0.2, 0.25) is 0 Å². The fraction of sp³-hybridized carbons (Fsp3) is 0.400. The molecule has 2 aromatic rings. The van der Waals surface area contributed by atoms with Gasteiger partial charge in [0.25, 0.3) is 5.56 Å². The van der Waals surface area contributed by atoms with Crippen LogP contribution in [0.25, 0.3) is 10.9 Å². The molecule has 1 aliphatic rings. The van der Waals surface area contributed by atoms with Crippen LogP contribution in [0.15, 0.2) is 41.2 Å². The SMILES string of the molecule is NC(Cn1c(=O)ccc2ccccc21)C1CCOC1. The monoisotopic (exact) mass is 258 g/mol. The number of aromatic nitrogens is 1. The summed E-state index contributed by atoms with van der Waals surface area (Å²) in [5.74, 6) is 0.353. The van der Waals surface area contributed by atoms with Gasteiger partial charge in [0.1, 0.15) is 0 Å². The molecule has 2 atom stereocenters. The quantitative estimate of drug-likeness (QED) is 0.904. The third kappa shape index (κ3) is 2.41. The number of para-hydroxylation sites is 1. The van der Waals surface area contributed by atoms with Gasteiger partial charge in [-0.15, -0.1) is 0 Å². The van der Waals surface area contributed by atoms with Gasteiger partial charge in [-0.05, 0) is 23.9 Å². The Hall–Kier alpha value is -1.65. The van der Waals surface area contributed by atoms with E-state index in [9.17, 15) is 4.79 Å². The smallest absolute Gasteiger partial charge is 0.251 e. The average Bonchev–Trinajstić information content (AvgIpc) is 2.96. The third-order valence-electron chi connectivity index (χ3n) is 3.86. The second-order valence-corrected chi connectivity index (χ2v) is 5.13. The molecule has 2 N–H and O–H groups in total. The molecule has 0 amide bonds. The maximum atomic E-state index is 12.1. The Labute approximate surface area is 111 Å². The molecule has 1 aromatic heterocycles. The maximum Gasteiger partial charge on any atom is 0.251 e. The first kappa shape index (κ1) is 12.4. The Morgan fingerprint density at radius 1 is 1.32 bits per heavy atom. The van der Waals surface area contributed by atoms with E-state index < -0.39 is 0 Å². The van der Waals surface area contributed by atoms with Gasteiger partial charge in [-0.25, -0.2) is 0 Å². The fourth-order valence-corrected chi connectivity index (χ4v) is 2.68. The molecule has 1 saturated heterocycles. The molecular formula is C15H18N2O2. The largest absolute Gasteiger partial charge is 0.381 e. The number of pyridine rings is 1. The molecule has 0 saturated carbocycles.